The lowest BCUT2D eigenvalue weighted by Crippen LogP contribution is -2.24. The predicted molar refractivity (Wildman–Crippen MR) is 90.1 cm³/mol. The van der Waals surface area contributed by atoms with Crippen LogP contribution in [0.2, 0.25) is 0 Å². The molecule has 2 aromatic rings. The van der Waals surface area contributed by atoms with E-state index in [1.807, 2.05) is 30.3 Å². The molecule has 0 atom stereocenters. The molecule has 1 saturated heterocycles. The number of nitrogens with zero attached hydrogens (tertiary/aromatic N) is 1. The third kappa shape index (κ3) is 3.20. The summed E-state index contributed by atoms with van der Waals surface area (Å²) in [6, 6.07) is 14.6. The van der Waals surface area contributed by atoms with E-state index in [9.17, 15) is 9.59 Å². The molecule has 0 aromatic heterocycles. The largest absolute Gasteiger partial charge is 0.322 e. The monoisotopic (exact) mass is 358 g/mol. The highest BCUT2D eigenvalue weighted by molar-refractivity contribution is 9.10. The first-order chi connectivity index (χ1) is 10.6. The second-order valence-corrected chi connectivity index (χ2v) is 6.08. The van der Waals surface area contributed by atoms with Crippen LogP contribution in [0, 0.1) is 0 Å². The van der Waals surface area contributed by atoms with E-state index in [-0.39, 0.29) is 11.8 Å². The highest BCUT2D eigenvalue weighted by Crippen LogP contribution is 2.23. The summed E-state index contributed by atoms with van der Waals surface area (Å²) in [6.07, 6.45) is 1.45. The van der Waals surface area contributed by atoms with Gasteiger partial charge in [0.05, 0.1) is 0 Å². The first-order valence-corrected chi connectivity index (χ1v) is 7.90. The van der Waals surface area contributed by atoms with Crippen LogP contribution < -0.4 is 10.2 Å². The lowest BCUT2D eigenvalue weighted by atomic mass is 10.1. The second kappa shape index (κ2) is 6.32. The standard InChI is InChI=1S/C17H15BrN2O2/c18-13-5-2-6-14(11-13)19-17(22)12-4-1-7-15(10-12)20-9-3-8-16(20)21/h1-2,4-7,10-11H,3,8-9H2,(H,19,22). The summed E-state index contributed by atoms with van der Waals surface area (Å²) in [5, 5.41) is 2.86. The molecule has 0 unspecified atom stereocenters. The Labute approximate surface area is 137 Å². The van der Waals surface area contributed by atoms with E-state index >= 15 is 0 Å². The summed E-state index contributed by atoms with van der Waals surface area (Å²) in [6.45, 7) is 0.718. The molecule has 1 aliphatic rings. The van der Waals surface area contributed by atoms with Crippen LogP contribution in [-0.4, -0.2) is 18.4 Å². The van der Waals surface area contributed by atoms with Crippen LogP contribution in [0.5, 0.6) is 0 Å². The normalized spacial score (nSPS) is 14.2. The number of nitrogens with one attached hydrogen (secondary N) is 1. The molecule has 0 aliphatic carbocycles. The van der Waals surface area contributed by atoms with E-state index in [2.05, 4.69) is 21.2 Å². The number of carbonyl (C=O) groups is 2. The van der Waals surface area contributed by atoms with Crippen molar-refractivity contribution in [2.45, 2.75) is 12.8 Å². The topological polar surface area (TPSA) is 49.4 Å². The van der Waals surface area contributed by atoms with Crippen LogP contribution in [-0.2, 0) is 4.79 Å². The van der Waals surface area contributed by atoms with Crippen LogP contribution in [0.1, 0.15) is 23.2 Å². The molecule has 3 rings (SSSR count). The fourth-order valence-corrected chi connectivity index (χ4v) is 2.90. The Morgan fingerprint density at radius 3 is 2.68 bits per heavy atom. The Kier molecular flexibility index (Phi) is 4.24. The number of rotatable bonds is 3. The lowest BCUT2D eigenvalue weighted by Gasteiger charge is -2.16. The maximum atomic E-state index is 12.3. The van der Waals surface area contributed by atoms with Crippen LogP contribution >= 0.6 is 15.9 Å². The van der Waals surface area contributed by atoms with Crippen LogP contribution in [0.4, 0.5) is 11.4 Å². The number of hydrogen-bond donors (Lipinski definition) is 1. The van der Waals surface area contributed by atoms with E-state index < -0.39 is 0 Å². The van der Waals surface area contributed by atoms with Crippen molar-refractivity contribution in [2.75, 3.05) is 16.8 Å². The molecule has 0 bridgehead atoms. The average Bonchev–Trinajstić information content (AvgIpc) is 2.93. The van der Waals surface area contributed by atoms with Gasteiger partial charge in [0.25, 0.3) is 5.91 Å². The summed E-state index contributed by atoms with van der Waals surface area (Å²) in [4.78, 5) is 25.9. The van der Waals surface area contributed by atoms with Gasteiger partial charge in [-0.2, -0.15) is 0 Å². The van der Waals surface area contributed by atoms with Gasteiger partial charge in [0.1, 0.15) is 0 Å². The first kappa shape index (κ1) is 14.8. The molecular formula is C17H15BrN2O2. The molecule has 1 N–H and O–H groups in total. The van der Waals surface area contributed by atoms with E-state index in [0.29, 0.717) is 12.0 Å². The Balaban J connectivity index is 1.79. The number of carbonyl (C=O) groups excluding carboxylic acids is 2. The molecule has 1 aliphatic heterocycles. The molecule has 0 saturated carbocycles. The number of amides is 2. The average molecular weight is 359 g/mol. The molecule has 1 fully saturated rings. The molecule has 1 heterocycles. The van der Waals surface area contributed by atoms with Crippen molar-refractivity contribution < 1.29 is 9.59 Å². The molecule has 22 heavy (non-hydrogen) atoms. The van der Waals surface area contributed by atoms with Gasteiger partial charge in [-0.05, 0) is 42.8 Å². The fourth-order valence-electron chi connectivity index (χ4n) is 2.51. The van der Waals surface area contributed by atoms with E-state index in [4.69, 9.17) is 0 Å². The van der Waals surface area contributed by atoms with Gasteiger partial charge in [-0.1, -0.05) is 28.1 Å². The van der Waals surface area contributed by atoms with Crippen molar-refractivity contribution in [1.29, 1.82) is 0 Å². The summed E-state index contributed by atoms with van der Waals surface area (Å²) in [5.41, 5.74) is 2.04. The minimum absolute atomic E-state index is 0.115. The maximum Gasteiger partial charge on any atom is 0.255 e. The van der Waals surface area contributed by atoms with Crippen LogP contribution in [0.25, 0.3) is 0 Å². The number of hydrogen-bond acceptors (Lipinski definition) is 2. The predicted octanol–water partition coefficient (Wildman–Crippen LogP) is 3.83. The van der Waals surface area contributed by atoms with E-state index in [1.54, 1.807) is 23.1 Å². The summed E-state index contributed by atoms with van der Waals surface area (Å²) >= 11 is 3.38. The van der Waals surface area contributed by atoms with Gasteiger partial charge in [0.15, 0.2) is 0 Å². The Morgan fingerprint density at radius 2 is 1.95 bits per heavy atom. The molecule has 5 heteroatoms. The summed E-state index contributed by atoms with van der Waals surface area (Å²) in [7, 11) is 0. The van der Waals surface area contributed by atoms with Crippen LogP contribution in [0.15, 0.2) is 53.0 Å². The smallest absolute Gasteiger partial charge is 0.255 e. The lowest BCUT2D eigenvalue weighted by molar-refractivity contribution is -0.117. The zero-order chi connectivity index (χ0) is 15.5. The van der Waals surface area contributed by atoms with Gasteiger partial charge in [-0.3, -0.25) is 9.59 Å². The highest BCUT2D eigenvalue weighted by atomic mass is 79.9. The molecule has 0 spiro atoms. The van der Waals surface area contributed by atoms with Crippen molar-refractivity contribution in [3.05, 3.63) is 58.6 Å². The van der Waals surface area contributed by atoms with Gasteiger partial charge in [-0.15, -0.1) is 0 Å². The molecule has 112 valence electrons. The SMILES string of the molecule is O=C(Nc1cccc(Br)c1)c1cccc(N2CCCC2=O)c1. The minimum atomic E-state index is -0.188. The number of anilines is 2. The Morgan fingerprint density at radius 1 is 1.14 bits per heavy atom. The highest BCUT2D eigenvalue weighted by Gasteiger charge is 2.22. The zero-order valence-corrected chi connectivity index (χ0v) is 13.5. The van der Waals surface area contributed by atoms with Crippen LogP contribution in [0.3, 0.4) is 0 Å². The first-order valence-electron chi connectivity index (χ1n) is 7.11. The van der Waals surface area contributed by atoms with Gasteiger partial charge in [0, 0.05) is 34.4 Å². The van der Waals surface area contributed by atoms with Crippen molar-refractivity contribution in [3.63, 3.8) is 0 Å². The summed E-state index contributed by atoms with van der Waals surface area (Å²) < 4.78 is 0.904. The molecule has 2 amide bonds. The van der Waals surface area contributed by atoms with E-state index in [0.717, 1.165) is 28.8 Å². The van der Waals surface area contributed by atoms with Crippen molar-refractivity contribution in [1.82, 2.24) is 0 Å². The van der Waals surface area contributed by atoms with Gasteiger partial charge in [0.2, 0.25) is 5.91 Å². The fraction of sp³-hybridized carbons (Fsp3) is 0.176. The van der Waals surface area contributed by atoms with Gasteiger partial charge < -0.3 is 10.2 Å². The maximum absolute atomic E-state index is 12.3. The molecule has 2 aromatic carbocycles. The molecule has 0 radical (unpaired) electrons. The zero-order valence-electron chi connectivity index (χ0n) is 11.9. The van der Waals surface area contributed by atoms with E-state index in [1.165, 1.54) is 0 Å². The third-order valence-corrected chi connectivity index (χ3v) is 4.07. The minimum Gasteiger partial charge on any atom is -0.322 e. The number of halogens is 1. The molecule has 4 nitrogen and oxygen atoms in total. The quantitative estimate of drug-likeness (QED) is 0.906. The van der Waals surface area contributed by atoms with Gasteiger partial charge in [-0.25, -0.2) is 0 Å². The van der Waals surface area contributed by atoms with Crippen molar-refractivity contribution >= 4 is 39.1 Å². The summed E-state index contributed by atoms with van der Waals surface area (Å²) in [5.74, 6) is -0.0730. The van der Waals surface area contributed by atoms with Crippen molar-refractivity contribution in [2.24, 2.45) is 0 Å². The second-order valence-electron chi connectivity index (χ2n) is 5.16. The van der Waals surface area contributed by atoms with Gasteiger partial charge >= 0.3 is 0 Å². The Hall–Kier alpha value is -2.14. The number of benzene rings is 2. The van der Waals surface area contributed by atoms with Crippen molar-refractivity contribution in [3.8, 4) is 0 Å². The third-order valence-electron chi connectivity index (χ3n) is 3.58. The Bertz CT molecular complexity index is 730. The molecular weight excluding hydrogens is 344 g/mol.